The highest BCUT2D eigenvalue weighted by Crippen LogP contribution is 2.19. The lowest BCUT2D eigenvalue weighted by atomic mass is 10.3. The smallest absolute Gasteiger partial charge is 0.243 e. The topological polar surface area (TPSA) is 66.4 Å². The average molecular weight is 298 g/mol. The number of amides is 1. The van der Waals surface area contributed by atoms with E-state index in [9.17, 15) is 4.79 Å². The maximum absolute atomic E-state index is 11.7. The highest BCUT2D eigenvalue weighted by molar-refractivity contribution is 5.85. The van der Waals surface area contributed by atoms with E-state index in [0.717, 1.165) is 19.0 Å². The van der Waals surface area contributed by atoms with Crippen molar-refractivity contribution >= 4 is 11.9 Å². The highest BCUT2D eigenvalue weighted by atomic mass is 16.5. The molecule has 7 heteroatoms. The molecule has 120 valence electrons. The van der Waals surface area contributed by atoms with Gasteiger partial charge in [-0.3, -0.25) is 4.79 Å². The molecular weight excluding hydrogens is 272 g/mol. The zero-order chi connectivity index (χ0) is 15.2. The molecule has 1 aliphatic heterocycles. The number of hydrogen-bond donors (Lipinski definition) is 1. The van der Waals surface area contributed by atoms with Crippen molar-refractivity contribution in [2.45, 2.75) is 25.0 Å². The summed E-state index contributed by atoms with van der Waals surface area (Å²) < 4.78 is 10.8. The van der Waals surface area contributed by atoms with E-state index in [1.165, 1.54) is 12.8 Å². The Bertz CT molecular complexity index is 380. The molecule has 1 N–H and O–H groups in total. The molecule has 1 atom stereocenters. The Labute approximate surface area is 126 Å². The van der Waals surface area contributed by atoms with Crippen LogP contribution in [0.15, 0.2) is 4.99 Å². The van der Waals surface area contributed by atoms with Crippen molar-refractivity contribution in [1.29, 1.82) is 0 Å². The van der Waals surface area contributed by atoms with Crippen LogP contribution >= 0.6 is 0 Å². The van der Waals surface area contributed by atoms with Crippen LogP contribution in [0.2, 0.25) is 0 Å². The summed E-state index contributed by atoms with van der Waals surface area (Å²) in [5.41, 5.74) is 0. The minimum absolute atomic E-state index is 0.00629. The van der Waals surface area contributed by atoms with Gasteiger partial charge in [0, 0.05) is 40.3 Å². The van der Waals surface area contributed by atoms with E-state index in [1.54, 1.807) is 26.1 Å². The number of morpholine rings is 1. The normalized spacial score (nSPS) is 23.1. The Hall–Kier alpha value is -1.34. The second-order valence-corrected chi connectivity index (χ2v) is 5.74. The van der Waals surface area contributed by atoms with Crippen LogP contribution in [0.1, 0.15) is 12.8 Å². The lowest BCUT2D eigenvalue weighted by molar-refractivity contribution is -0.127. The Morgan fingerprint density at radius 1 is 1.48 bits per heavy atom. The van der Waals surface area contributed by atoms with Gasteiger partial charge in [0.25, 0.3) is 0 Å². The molecule has 2 fully saturated rings. The van der Waals surface area contributed by atoms with Crippen LogP contribution in [-0.4, -0.2) is 87.9 Å². The van der Waals surface area contributed by atoms with Gasteiger partial charge in [-0.1, -0.05) is 0 Å². The van der Waals surface area contributed by atoms with E-state index in [4.69, 9.17) is 9.47 Å². The van der Waals surface area contributed by atoms with Gasteiger partial charge in [-0.15, -0.1) is 0 Å². The van der Waals surface area contributed by atoms with Crippen LogP contribution in [0.5, 0.6) is 0 Å². The molecule has 0 aromatic heterocycles. The maximum Gasteiger partial charge on any atom is 0.243 e. The summed E-state index contributed by atoms with van der Waals surface area (Å²) >= 11 is 0. The van der Waals surface area contributed by atoms with Crippen LogP contribution in [0.25, 0.3) is 0 Å². The molecule has 7 nitrogen and oxygen atoms in total. The van der Waals surface area contributed by atoms with Gasteiger partial charge >= 0.3 is 0 Å². The Morgan fingerprint density at radius 2 is 2.24 bits per heavy atom. The summed E-state index contributed by atoms with van der Waals surface area (Å²) in [4.78, 5) is 19.9. The molecule has 1 amide bonds. The highest BCUT2D eigenvalue weighted by Gasteiger charge is 2.28. The quantitative estimate of drug-likeness (QED) is 0.549. The first-order valence-corrected chi connectivity index (χ1v) is 7.46. The molecule has 1 saturated carbocycles. The predicted molar refractivity (Wildman–Crippen MR) is 80.3 cm³/mol. The third-order valence-corrected chi connectivity index (χ3v) is 3.56. The summed E-state index contributed by atoms with van der Waals surface area (Å²) in [7, 11) is 5.17. The number of aliphatic imine (C=N–C) groups is 1. The molecule has 1 saturated heterocycles. The van der Waals surface area contributed by atoms with E-state index in [-0.39, 0.29) is 18.6 Å². The molecule has 1 aliphatic carbocycles. The van der Waals surface area contributed by atoms with Crippen LogP contribution in [0.4, 0.5) is 0 Å². The fourth-order valence-corrected chi connectivity index (χ4v) is 2.13. The van der Waals surface area contributed by atoms with Crippen molar-refractivity contribution in [3.05, 3.63) is 0 Å². The van der Waals surface area contributed by atoms with Gasteiger partial charge in [-0.05, 0) is 12.8 Å². The van der Waals surface area contributed by atoms with E-state index >= 15 is 0 Å². The molecule has 1 heterocycles. The van der Waals surface area contributed by atoms with Gasteiger partial charge < -0.3 is 24.6 Å². The molecule has 1 unspecified atom stereocenters. The molecule has 2 rings (SSSR count). The van der Waals surface area contributed by atoms with Gasteiger partial charge in [-0.25, -0.2) is 4.99 Å². The zero-order valence-corrected chi connectivity index (χ0v) is 13.2. The fraction of sp³-hybridized carbons (Fsp3) is 0.857. The fourth-order valence-electron chi connectivity index (χ4n) is 2.13. The summed E-state index contributed by atoms with van der Waals surface area (Å²) in [6, 6.07) is 0.502. The number of nitrogens with one attached hydrogen (secondary N) is 1. The van der Waals surface area contributed by atoms with E-state index < -0.39 is 0 Å². The van der Waals surface area contributed by atoms with Gasteiger partial charge in [0.15, 0.2) is 5.96 Å². The Balaban J connectivity index is 1.96. The van der Waals surface area contributed by atoms with Crippen molar-refractivity contribution in [2.75, 3.05) is 54.1 Å². The third-order valence-electron chi connectivity index (χ3n) is 3.56. The number of ether oxygens (including phenoxy) is 2. The van der Waals surface area contributed by atoms with E-state index in [2.05, 4.69) is 15.2 Å². The number of hydrogen-bond acceptors (Lipinski definition) is 4. The zero-order valence-electron chi connectivity index (χ0n) is 13.2. The molecular formula is C14H26N4O3. The van der Waals surface area contributed by atoms with Crippen molar-refractivity contribution in [3.63, 3.8) is 0 Å². The monoisotopic (exact) mass is 298 g/mol. The average Bonchev–Trinajstić information content (AvgIpc) is 3.27. The van der Waals surface area contributed by atoms with Gasteiger partial charge in [-0.2, -0.15) is 0 Å². The Morgan fingerprint density at radius 3 is 2.86 bits per heavy atom. The summed E-state index contributed by atoms with van der Waals surface area (Å²) in [6.45, 7) is 2.93. The van der Waals surface area contributed by atoms with Crippen molar-refractivity contribution in [1.82, 2.24) is 15.1 Å². The van der Waals surface area contributed by atoms with Gasteiger partial charge in [0.05, 0.1) is 19.3 Å². The maximum atomic E-state index is 11.7. The SMILES string of the molecule is COCC1CN(C(=NCC(=O)N(C)C)NC2CC2)CCO1. The Kier molecular flexibility index (Phi) is 5.81. The lowest BCUT2D eigenvalue weighted by Crippen LogP contribution is -2.52. The lowest BCUT2D eigenvalue weighted by Gasteiger charge is -2.35. The largest absolute Gasteiger partial charge is 0.382 e. The van der Waals surface area contributed by atoms with Crippen LogP contribution < -0.4 is 5.32 Å². The summed E-state index contributed by atoms with van der Waals surface area (Å²) in [5, 5.41) is 3.43. The molecule has 0 aromatic rings. The number of likely N-dealkylation sites (N-methyl/N-ethyl adjacent to an activating group) is 1. The summed E-state index contributed by atoms with van der Waals surface area (Å²) in [6.07, 6.45) is 2.40. The molecule has 0 bridgehead atoms. The van der Waals surface area contributed by atoms with Gasteiger partial charge in [0.2, 0.25) is 5.91 Å². The first-order chi connectivity index (χ1) is 10.1. The predicted octanol–water partition coefficient (Wildman–Crippen LogP) is -0.470. The molecule has 0 spiro atoms. The number of nitrogens with zero attached hydrogens (tertiary/aromatic N) is 3. The van der Waals surface area contributed by atoms with Crippen molar-refractivity contribution in [2.24, 2.45) is 4.99 Å². The van der Waals surface area contributed by atoms with Crippen LogP contribution in [-0.2, 0) is 14.3 Å². The first kappa shape index (κ1) is 16.0. The second-order valence-electron chi connectivity index (χ2n) is 5.74. The van der Waals surface area contributed by atoms with Gasteiger partial charge in [0.1, 0.15) is 6.54 Å². The van der Waals surface area contributed by atoms with E-state index in [0.29, 0.717) is 19.3 Å². The number of guanidine groups is 1. The number of carbonyl (C=O) groups excluding carboxylic acids is 1. The minimum atomic E-state index is 0.00629. The van der Waals surface area contributed by atoms with Crippen molar-refractivity contribution < 1.29 is 14.3 Å². The standard InChI is InChI=1S/C14H26N4O3/c1-17(2)13(19)8-15-14(16-11-4-5-11)18-6-7-21-12(9-18)10-20-3/h11-12H,4-10H2,1-3H3,(H,15,16). The first-order valence-electron chi connectivity index (χ1n) is 7.46. The van der Waals surface area contributed by atoms with E-state index in [1.807, 2.05) is 0 Å². The van der Waals surface area contributed by atoms with Crippen LogP contribution in [0, 0.1) is 0 Å². The van der Waals surface area contributed by atoms with Crippen LogP contribution in [0.3, 0.4) is 0 Å². The number of rotatable bonds is 5. The second kappa shape index (κ2) is 7.61. The minimum Gasteiger partial charge on any atom is -0.382 e. The molecule has 0 aromatic carbocycles. The number of methoxy groups -OCH3 is 1. The molecule has 21 heavy (non-hydrogen) atoms. The summed E-state index contributed by atoms with van der Waals surface area (Å²) in [5.74, 6) is 0.823. The van der Waals surface area contributed by atoms with Crippen molar-refractivity contribution in [3.8, 4) is 0 Å². The number of carbonyl (C=O) groups is 1. The molecule has 2 aliphatic rings. The third kappa shape index (κ3) is 5.17. The molecule has 0 radical (unpaired) electrons.